The molecule has 10 heteroatoms. The lowest BCUT2D eigenvalue weighted by Crippen LogP contribution is -2.32. The highest BCUT2D eigenvalue weighted by molar-refractivity contribution is 14.1. The Balaban J connectivity index is 1.53. The summed E-state index contributed by atoms with van der Waals surface area (Å²) < 4.78 is 31.9. The first-order chi connectivity index (χ1) is 16.5. The van der Waals surface area contributed by atoms with Crippen LogP contribution in [-0.4, -0.2) is 32.6 Å². The van der Waals surface area contributed by atoms with Crippen LogP contribution in [0.4, 0.5) is 14.7 Å². The van der Waals surface area contributed by atoms with Crippen molar-refractivity contribution < 1.29 is 8.78 Å². The third-order valence-corrected chi connectivity index (χ3v) is 7.10. The van der Waals surface area contributed by atoms with Gasteiger partial charge in [-0.3, -0.25) is 0 Å². The second-order valence-corrected chi connectivity index (χ2v) is 9.95. The normalized spacial score (nSPS) is 16.2. The van der Waals surface area contributed by atoms with E-state index in [1.54, 1.807) is 24.4 Å². The Morgan fingerprint density at radius 1 is 1.18 bits per heavy atom. The molecule has 2 aromatic heterocycles. The molecule has 4 aromatic rings. The van der Waals surface area contributed by atoms with Crippen molar-refractivity contribution in [3.63, 3.8) is 0 Å². The van der Waals surface area contributed by atoms with Crippen molar-refractivity contribution in [1.29, 1.82) is 0 Å². The number of hydrogen-bond donors (Lipinski definition) is 2. The lowest BCUT2D eigenvalue weighted by atomic mass is 9.99. The van der Waals surface area contributed by atoms with Gasteiger partial charge in [0.1, 0.15) is 23.0 Å². The second-order valence-electron chi connectivity index (χ2n) is 8.35. The van der Waals surface area contributed by atoms with Crippen LogP contribution in [-0.2, 0) is 13.1 Å². The number of nitrogens with zero attached hydrogens (tertiary/aromatic N) is 4. The van der Waals surface area contributed by atoms with E-state index < -0.39 is 5.82 Å². The van der Waals surface area contributed by atoms with E-state index in [9.17, 15) is 8.78 Å². The fourth-order valence-electron chi connectivity index (χ4n) is 4.26. The number of imidazole rings is 1. The Kier molecular flexibility index (Phi) is 6.94. The predicted molar refractivity (Wildman–Crippen MR) is 138 cm³/mol. The molecule has 0 saturated carbocycles. The molecule has 0 spiro atoms. The van der Waals surface area contributed by atoms with E-state index in [1.807, 2.05) is 10.6 Å². The summed E-state index contributed by atoms with van der Waals surface area (Å²) in [4.78, 5) is 13.8. The van der Waals surface area contributed by atoms with Crippen molar-refractivity contribution in [2.75, 3.05) is 18.4 Å². The number of hydrogen-bond acceptors (Lipinski definition) is 5. The number of benzene rings is 2. The molecule has 0 aliphatic carbocycles. The van der Waals surface area contributed by atoms with Gasteiger partial charge < -0.3 is 15.2 Å². The molecular weight excluding hydrogens is 573 g/mol. The fraction of sp³-hybridized carbons (Fsp3) is 0.292. The third kappa shape index (κ3) is 4.87. The average Bonchev–Trinajstić information content (AvgIpc) is 3.16. The van der Waals surface area contributed by atoms with Crippen LogP contribution in [0.1, 0.15) is 18.4 Å². The van der Waals surface area contributed by atoms with Gasteiger partial charge in [0.15, 0.2) is 5.65 Å². The first-order valence-electron chi connectivity index (χ1n) is 11.1. The monoisotopic (exact) mass is 594 g/mol. The number of nitrogens with one attached hydrogen (secondary N) is 2. The lowest BCUT2D eigenvalue weighted by Gasteiger charge is -2.24. The van der Waals surface area contributed by atoms with Crippen LogP contribution in [0.25, 0.3) is 22.6 Å². The second kappa shape index (κ2) is 10.1. The van der Waals surface area contributed by atoms with Gasteiger partial charge >= 0.3 is 0 Å². The minimum absolute atomic E-state index is 0.202. The van der Waals surface area contributed by atoms with Crippen molar-refractivity contribution in [3.05, 3.63) is 68.4 Å². The number of rotatable bonds is 6. The number of aromatic nitrogens is 4. The van der Waals surface area contributed by atoms with E-state index in [0.717, 1.165) is 29.5 Å². The molecule has 0 amide bonds. The molecule has 6 nitrogen and oxygen atoms in total. The molecule has 1 fully saturated rings. The van der Waals surface area contributed by atoms with E-state index >= 15 is 0 Å². The molecule has 1 atom stereocenters. The Morgan fingerprint density at radius 3 is 2.82 bits per heavy atom. The Labute approximate surface area is 214 Å². The number of halogens is 4. The van der Waals surface area contributed by atoms with Crippen LogP contribution >= 0.6 is 34.2 Å². The van der Waals surface area contributed by atoms with E-state index in [1.165, 1.54) is 12.1 Å². The average molecular weight is 595 g/mol. The lowest BCUT2D eigenvalue weighted by molar-refractivity contribution is 0.341. The van der Waals surface area contributed by atoms with Crippen LogP contribution in [0.15, 0.2) is 42.6 Å². The summed E-state index contributed by atoms with van der Waals surface area (Å²) >= 11 is 7.98. The van der Waals surface area contributed by atoms with Crippen molar-refractivity contribution in [3.8, 4) is 11.4 Å². The van der Waals surface area contributed by atoms with Crippen molar-refractivity contribution in [2.45, 2.75) is 25.9 Å². The van der Waals surface area contributed by atoms with E-state index in [-0.39, 0.29) is 12.4 Å². The van der Waals surface area contributed by atoms with Gasteiger partial charge in [-0.05, 0) is 78.7 Å². The molecule has 0 radical (unpaired) electrons. The zero-order chi connectivity index (χ0) is 23.7. The summed E-state index contributed by atoms with van der Waals surface area (Å²) in [6, 6.07) is 9.55. The largest absolute Gasteiger partial charge is 0.350 e. The summed E-state index contributed by atoms with van der Waals surface area (Å²) in [5.41, 5.74) is 2.12. The van der Waals surface area contributed by atoms with Gasteiger partial charge in [-0.2, -0.15) is 4.98 Å². The molecule has 1 aliphatic heterocycles. The Hall–Kier alpha value is -2.37. The molecule has 34 heavy (non-hydrogen) atoms. The Bertz CT molecular complexity index is 1320. The molecule has 5 rings (SSSR count). The maximum atomic E-state index is 14.9. The van der Waals surface area contributed by atoms with E-state index in [0.29, 0.717) is 51.5 Å². The smallest absolute Gasteiger partial charge is 0.225 e. The minimum atomic E-state index is -0.396. The molecule has 2 aromatic carbocycles. The zero-order valence-electron chi connectivity index (χ0n) is 18.2. The van der Waals surface area contributed by atoms with Crippen molar-refractivity contribution in [1.82, 2.24) is 24.8 Å². The summed E-state index contributed by atoms with van der Waals surface area (Å²) in [6.45, 7) is 2.76. The highest BCUT2D eigenvalue weighted by atomic mass is 127. The van der Waals surface area contributed by atoms with Crippen LogP contribution in [0, 0.1) is 21.1 Å². The summed E-state index contributed by atoms with van der Waals surface area (Å²) in [6.07, 6.45) is 3.79. The molecule has 0 bridgehead atoms. The fourth-order valence-corrected chi connectivity index (χ4v) is 5.12. The first-order valence-corrected chi connectivity index (χ1v) is 12.5. The minimum Gasteiger partial charge on any atom is -0.350 e. The SMILES string of the molecule is Fc1cc(Cl)ccc1CNc1ncc2nc(-c3c(F)cccc3I)n(C[C@@H]3CCCNC3)c2n1. The molecular formula is C24H22ClF2IN6. The van der Waals surface area contributed by atoms with E-state index in [4.69, 9.17) is 21.6 Å². The maximum Gasteiger partial charge on any atom is 0.225 e. The highest BCUT2D eigenvalue weighted by Crippen LogP contribution is 2.31. The van der Waals surface area contributed by atoms with Gasteiger partial charge in [-0.15, -0.1) is 0 Å². The molecule has 1 aliphatic rings. The molecule has 176 valence electrons. The standard InChI is InChI=1S/C24H22ClF2IN6/c25-16-7-6-15(18(27)9-16)11-30-24-31-12-20-22(33-24)34(13-14-3-2-8-29-10-14)23(32-20)21-17(26)4-1-5-19(21)28/h1,4-7,9,12,14,29H,2-3,8,10-11,13H2,(H,30,31,33)/t14-/m1/s1. The van der Waals surface area contributed by atoms with Crippen LogP contribution < -0.4 is 10.6 Å². The molecule has 2 N–H and O–H groups in total. The molecule has 1 saturated heterocycles. The number of fused-ring (bicyclic) bond motifs is 1. The molecule has 3 heterocycles. The van der Waals surface area contributed by atoms with Gasteiger partial charge in [0.25, 0.3) is 0 Å². The topological polar surface area (TPSA) is 67.7 Å². The van der Waals surface area contributed by atoms with Gasteiger partial charge in [0.05, 0.1) is 11.8 Å². The summed E-state index contributed by atoms with van der Waals surface area (Å²) in [7, 11) is 0. The van der Waals surface area contributed by atoms with E-state index in [2.05, 4.69) is 38.2 Å². The van der Waals surface area contributed by atoms with Crippen LogP contribution in [0.2, 0.25) is 5.02 Å². The summed E-state index contributed by atoms with van der Waals surface area (Å²) in [5, 5.41) is 6.86. The number of piperidine rings is 1. The highest BCUT2D eigenvalue weighted by Gasteiger charge is 2.23. The quantitative estimate of drug-likeness (QED) is 0.283. The van der Waals surface area contributed by atoms with Crippen molar-refractivity contribution >= 4 is 51.3 Å². The van der Waals surface area contributed by atoms with Crippen LogP contribution in [0.5, 0.6) is 0 Å². The Morgan fingerprint density at radius 2 is 2.06 bits per heavy atom. The first kappa shape index (κ1) is 23.4. The zero-order valence-corrected chi connectivity index (χ0v) is 21.1. The maximum absolute atomic E-state index is 14.9. The summed E-state index contributed by atoms with van der Waals surface area (Å²) in [5.74, 6) is 0.545. The van der Waals surface area contributed by atoms with Crippen LogP contribution in [0.3, 0.4) is 0 Å². The van der Waals surface area contributed by atoms with Gasteiger partial charge in [0, 0.05) is 27.2 Å². The van der Waals surface area contributed by atoms with Gasteiger partial charge in [-0.1, -0.05) is 23.7 Å². The third-order valence-electron chi connectivity index (χ3n) is 5.97. The number of anilines is 1. The van der Waals surface area contributed by atoms with Gasteiger partial charge in [0.2, 0.25) is 5.95 Å². The van der Waals surface area contributed by atoms with Crippen molar-refractivity contribution in [2.24, 2.45) is 5.92 Å². The molecule has 0 unspecified atom stereocenters. The van der Waals surface area contributed by atoms with Gasteiger partial charge in [-0.25, -0.2) is 18.7 Å². The predicted octanol–water partition coefficient (Wildman–Crippen LogP) is 5.64.